The minimum Gasteiger partial charge on any atom is -0.421 e. The standard InChI is InChI=1S/C18H10F3N3O2S/c19-18(20,21)12-3-1-2-10(8-12)16(25)24-17-23-15-14(26-17)5-4-13(22-15)11-6-7-27-9-11/h1-9H,(H,22,23,24,25). The first-order chi connectivity index (χ1) is 12.9. The second-order valence-corrected chi connectivity index (χ2v) is 6.36. The predicted octanol–water partition coefficient (Wildman–Crippen LogP) is 5.22. The van der Waals surface area contributed by atoms with Gasteiger partial charge in [0.1, 0.15) is 0 Å². The van der Waals surface area contributed by atoms with Crippen LogP contribution in [0, 0.1) is 0 Å². The van der Waals surface area contributed by atoms with E-state index in [1.165, 1.54) is 23.5 Å². The smallest absolute Gasteiger partial charge is 0.416 e. The molecule has 4 rings (SSSR count). The first kappa shape index (κ1) is 17.2. The van der Waals surface area contributed by atoms with Crippen LogP contribution in [-0.4, -0.2) is 15.9 Å². The molecule has 5 nitrogen and oxygen atoms in total. The van der Waals surface area contributed by atoms with Crippen LogP contribution in [0.25, 0.3) is 22.5 Å². The summed E-state index contributed by atoms with van der Waals surface area (Å²) in [6.07, 6.45) is -4.53. The number of amides is 1. The molecule has 0 spiro atoms. The van der Waals surface area contributed by atoms with E-state index in [1.54, 1.807) is 12.1 Å². The van der Waals surface area contributed by atoms with Crippen LogP contribution in [0.15, 0.2) is 57.6 Å². The number of benzene rings is 1. The Morgan fingerprint density at radius 1 is 1.11 bits per heavy atom. The Morgan fingerprint density at radius 3 is 2.70 bits per heavy atom. The maximum absolute atomic E-state index is 12.8. The number of thiophene rings is 1. The van der Waals surface area contributed by atoms with Crippen molar-refractivity contribution in [1.82, 2.24) is 9.97 Å². The zero-order valence-corrected chi connectivity index (χ0v) is 14.3. The minimum atomic E-state index is -4.53. The molecule has 1 amide bonds. The first-order valence-corrected chi connectivity index (χ1v) is 8.63. The van der Waals surface area contributed by atoms with Crippen molar-refractivity contribution in [3.8, 4) is 11.3 Å². The van der Waals surface area contributed by atoms with Crippen LogP contribution < -0.4 is 5.32 Å². The molecule has 136 valence electrons. The van der Waals surface area contributed by atoms with Crippen molar-refractivity contribution < 1.29 is 22.4 Å². The fourth-order valence-corrected chi connectivity index (χ4v) is 3.10. The molecule has 0 atom stereocenters. The van der Waals surface area contributed by atoms with Gasteiger partial charge in [-0.15, -0.1) is 0 Å². The molecule has 0 saturated carbocycles. The van der Waals surface area contributed by atoms with Crippen molar-refractivity contribution in [3.63, 3.8) is 0 Å². The van der Waals surface area contributed by atoms with Crippen molar-refractivity contribution >= 4 is 34.5 Å². The highest BCUT2D eigenvalue weighted by Gasteiger charge is 2.31. The SMILES string of the molecule is O=C(Nc1nc2nc(-c3ccsc3)ccc2o1)c1cccc(C(F)(F)F)c1. The molecule has 0 aliphatic heterocycles. The zero-order chi connectivity index (χ0) is 19.0. The maximum Gasteiger partial charge on any atom is 0.416 e. The number of carbonyl (C=O) groups is 1. The topological polar surface area (TPSA) is 68.0 Å². The first-order valence-electron chi connectivity index (χ1n) is 7.69. The van der Waals surface area contributed by atoms with E-state index >= 15 is 0 Å². The number of nitrogens with zero attached hydrogens (tertiary/aromatic N) is 2. The van der Waals surface area contributed by atoms with Crippen LogP contribution in [0.1, 0.15) is 15.9 Å². The van der Waals surface area contributed by atoms with Gasteiger partial charge in [-0.05, 0) is 41.8 Å². The van der Waals surface area contributed by atoms with E-state index in [1.807, 2.05) is 16.8 Å². The average molecular weight is 389 g/mol. The number of rotatable bonds is 3. The number of halogens is 3. The summed E-state index contributed by atoms with van der Waals surface area (Å²) in [5, 5.41) is 6.21. The van der Waals surface area contributed by atoms with Gasteiger partial charge in [0.2, 0.25) is 5.65 Å². The number of oxazole rings is 1. The van der Waals surface area contributed by atoms with E-state index in [4.69, 9.17) is 4.42 Å². The van der Waals surface area contributed by atoms with E-state index in [0.29, 0.717) is 11.3 Å². The molecule has 1 aromatic carbocycles. The summed E-state index contributed by atoms with van der Waals surface area (Å²) in [5.41, 5.74) is 1.22. The number of hydrogen-bond acceptors (Lipinski definition) is 5. The largest absolute Gasteiger partial charge is 0.421 e. The summed E-state index contributed by atoms with van der Waals surface area (Å²) in [6, 6.07) is 9.31. The average Bonchev–Trinajstić information content (AvgIpc) is 3.29. The van der Waals surface area contributed by atoms with Gasteiger partial charge in [0.15, 0.2) is 5.58 Å². The van der Waals surface area contributed by atoms with Gasteiger partial charge in [0.25, 0.3) is 5.91 Å². The summed E-state index contributed by atoms with van der Waals surface area (Å²) < 4.78 is 43.8. The summed E-state index contributed by atoms with van der Waals surface area (Å²) in [5.74, 6) is -0.759. The third-order valence-electron chi connectivity index (χ3n) is 3.74. The Kier molecular flexibility index (Phi) is 4.15. The summed E-state index contributed by atoms with van der Waals surface area (Å²) in [7, 11) is 0. The van der Waals surface area contributed by atoms with Crippen LogP contribution in [-0.2, 0) is 6.18 Å². The van der Waals surface area contributed by atoms with Crippen LogP contribution in [0.4, 0.5) is 19.2 Å². The Labute approximate surface area is 154 Å². The molecule has 3 heterocycles. The van der Waals surface area contributed by atoms with E-state index < -0.39 is 17.6 Å². The minimum absolute atomic E-state index is 0.137. The van der Waals surface area contributed by atoms with Gasteiger partial charge in [-0.2, -0.15) is 29.5 Å². The molecule has 4 aromatic rings. The number of pyridine rings is 1. The van der Waals surface area contributed by atoms with Crippen LogP contribution in [0.5, 0.6) is 0 Å². The molecule has 0 saturated heterocycles. The highest BCUT2D eigenvalue weighted by molar-refractivity contribution is 7.08. The molecule has 27 heavy (non-hydrogen) atoms. The molecule has 0 fully saturated rings. The number of aromatic nitrogens is 2. The lowest BCUT2D eigenvalue weighted by Crippen LogP contribution is -2.14. The lowest BCUT2D eigenvalue weighted by Gasteiger charge is -2.07. The van der Waals surface area contributed by atoms with Crippen molar-refractivity contribution in [2.75, 3.05) is 5.32 Å². The van der Waals surface area contributed by atoms with E-state index in [2.05, 4.69) is 15.3 Å². The summed E-state index contributed by atoms with van der Waals surface area (Å²) >= 11 is 1.53. The number of anilines is 1. The molecule has 0 aliphatic carbocycles. The molecule has 9 heteroatoms. The van der Waals surface area contributed by atoms with Crippen molar-refractivity contribution in [2.24, 2.45) is 0 Å². The lowest BCUT2D eigenvalue weighted by atomic mass is 10.1. The third kappa shape index (κ3) is 3.54. The lowest BCUT2D eigenvalue weighted by molar-refractivity contribution is -0.137. The van der Waals surface area contributed by atoms with Crippen LogP contribution in [0.3, 0.4) is 0 Å². The number of alkyl halides is 3. The Balaban J connectivity index is 1.59. The molecule has 0 unspecified atom stereocenters. The van der Waals surface area contributed by atoms with Crippen molar-refractivity contribution in [1.29, 1.82) is 0 Å². The maximum atomic E-state index is 12.8. The van der Waals surface area contributed by atoms with Gasteiger partial charge >= 0.3 is 12.2 Å². The van der Waals surface area contributed by atoms with Gasteiger partial charge in [0, 0.05) is 16.5 Å². The monoisotopic (exact) mass is 389 g/mol. The van der Waals surface area contributed by atoms with Gasteiger partial charge in [0.05, 0.1) is 11.3 Å². The molecule has 1 N–H and O–H groups in total. The fraction of sp³-hybridized carbons (Fsp3) is 0.0556. The van der Waals surface area contributed by atoms with E-state index in [9.17, 15) is 18.0 Å². The fourth-order valence-electron chi connectivity index (χ4n) is 2.45. The molecule has 0 aliphatic rings. The Bertz CT molecular complexity index is 1120. The normalized spacial score (nSPS) is 11.7. The number of hydrogen-bond donors (Lipinski definition) is 1. The van der Waals surface area contributed by atoms with Crippen LogP contribution in [0.2, 0.25) is 0 Å². The Morgan fingerprint density at radius 2 is 1.96 bits per heavy atom. The molecule has 0 bridgehead atoms. The quantitative estimate of drug-likeness (QED) is 0.521. The number of carbonyl (C=O) groups excluding carboxylic acids is 1. The van der Waals surface area contributed by atoms with E-state index in [-0.39, 0.29) is 17.2 Å². The summed E-state index contributed by atoms with van der Waals surface area (Å²) in [6.45, 7) is 0. The highest BCUT2D eigenvalue weighted by atomic mass is 32.1. The zero-order valence-electron chi connectivity index (χ0n) is 13.4. The van der Waals surface area contributed by atoms with Crippen LogP contribution >= 0.6 is 11.3 Å². The molecule has 3 aromatic heterocycles. The molecular weight excluding hydrogens is 379 g/mol. The van der Waals surface area contributed by atoms with Gasteiger partial charge < -0.3 is 4.42 Å². The number of fused-ring (bicyclic) bond motifs is 1. The summed E-state index contributed by atoms with van der Waals surface area (Å²) in [4.78, 5) is 20.7. The van der Waals surface area contributed by atoms with Crippen molar-refractivity contribution in [2.45, 2.75) is 6.18 Å². The third-order valence-corrected chi connectivity index (χ3v) is 4.43. The predicted molar refractivity (Wildman–Crippen MR) is 94.5 cm³/mol. The van der Waals surface area contributed by atoms with E-state index in [0.717, 1.165) is 17.7 Å². The second kappa shape index (κ2) is 6.51. The number of nitrogens with one attached hydrogen (secondary N) is 1. The molecule has 0 radical (unpaired) electrons. The van der Waals surface area contributed by atoms with Gasteiger partial charge in [-0.1, -0.05) is 6.07 Å². The highest BCUT2D eigenvalue weighted by Crippen LogP contribution is 2.30. The van der Waals surface area contributed by atoms with Gasteiger partial charge in [-0.25, -0.2) is 4.98 Å². The molecular formula is C18H10F3N3O2S. The Hall–Kier alpha value is -3.20. The second-order valence-electron chi connectivity index (χ2n) is 5.58. The van der Waals surface area contributed by atoms with Crippen molar-refractivity contribution in [3.05, 3.63) is 64.4 Å². The van der Waals surface area contributed by atoms with Gasteiger partial charge in [-0.3, -0.25) is 10.1 Å².